The topological polar surface area (TPSA) is 135 Å². The predicted molar refractivity (Wildman–Crippen MR) is 104 cm³/mol. The lowest BCUT2D eigenvalue weighted by Gasteiger charge is -2.27. The molecule has 0 bridgehead atoms. The zero-order valence-corrected chi connectivity index (χ0v) is 16.7. The van der Waals surface area contributed by atoms with Crippen molar-refractivity contribution in [1.29, 1.82) is 0 Å². The van der Waals surface area contributed by atoms with E-state index in [1.807, 2.05) is 0 Å². The van der Waals surface area contributed by atoms with Crippen LogP contribution >= 0.6 is 0 Å². The number of hydrogen-bond acceptors (Lipinski definition) is 8. The van der Waals surface area contributed by atoms with Gasteiger partial charge in [-0.05, 0) is 37.6 Å². The van der Waals surface area contributed by atoms with Crippen molar-refractivity contribution < 1.29 is 27.8 Å². The molecule has 10 heteroatoms. The molecule has 1 aromatic heterocycles. The van der Waals surface area contributed by atoms with Gasteiger partial charge in [-0.25, -0.2) is 4.98 Å². The highest BCUT2D eigenvalue weighted by Crippen LogP contribution is 2.37. The van der Waals surface area contributed by atoms with Crippen LogP contribution in [-0.4, -0.2) is 49.9 Å². The molecule has 2 unspecified atom stereocenters. The molecule has 0 spiro atoms. The Hall–Kier alpha value is -2.98. The minimum absolute atomic E-state index is 0.0215. The first-order valence-corrected chi connectivity index (χ1v) is 10.1. The van der Waals surface area contributed by atoms with Crippen molar-refractivity contribution in [3.8, 4) is 11.6 Å². The fourth-order valence-electron chi connectivity index (χ4n) is 3.25. The summed E-state index contributed by atoms with van der Waals surface area (Å²) in [5.41, 5.74) is 6.70. The number of imide groups is 1. The lowest BCUT2D eigenvalue weighted by Crippen LogP contribution is -2.35. The van der Waals surface area contributed by atoms with Crippen LogP contribution in [0.4, 0.5) is 5.69 Å². The molecular weight excluding hydrogens is 398 g/mol. The summed E-state index contributed by atoms with van der Waals surface area (Å²) in [5.74, 6) is -0.814. The molecule has 1 aliphatic heterocycles. The number of benzene rings is 1. The smallest absolute Gasteiger partial charge is 0.264 e. The minimum Gasteiger partial charge on any atom is -0.772 e. The first kappa shape index (κ1) is 20.7. The molecular formula is C19H20N3O6S-. The quantitative estimate of drug-likeness (QED) is 0.389. The number of hydrogen-bond donors (Lipinski definition) is 1. The van der Waals surface area contributed by atoms with Crippen molar-refractivity contribution in [1.82, 2.24) is 9.88 Å². The maximum Gasteiger partial charge on any atom is 0.264 e. The molecule has 1 aliphatic rings. The van der Waals surface area contributed by atoms with Gasteiger partial charge < -0.3 is 19.8 Å². The molecule has 154 valence electrons. The van der Waals surface area contributed by atoms with Crippen LogP contribution in [0.2, 0.25) is 0 Å². The van der Waals surface area contributed by atoms with Gasteiger partial charge in [-0.3, -0.25) is 18.7 Å². The van der Waals surface area contributed by atoms with Gasteiger partial charge >= 0.3 is 0 Å². The number of amides is 2. The molecule has 2 N–H and O–H groups in total. The molecule has 0 radical (unpaired) electrons. The molecule has 2 atom stereocenters. The molecule has 0 saturated carbocycles. The van der Waals surface area contributed by atoms with Crippen molar-refractivity contribution in [2.75, 3.05) is 25.2 Å². The second-order valence-corrected chi connectivity index (χ2v) is 7.25. The normalized spacial score (nSPS) is 15.2. The summed E-state index contributed by atoms with van der Waals surface area (Å²) in [6.45, 7) is 2.10. The van der Waals surface area contributed by atoms with Crippen molar-refractivity contribution in [3.63, 3.8) is 0 Å². The van der Waals surface area contributed by atoms with Gasteiger partial charge in [0.25, 0.3) is 17.7 Å². The van der Waals surface area contributed by atoms with Crippen molar-refractivity contribution in [2.24, 2.45) is 0 Å². The minimum atomic E-state index is -2.36. The molecule has 1 aromatic carbocycles. The van der Waals surface area contributed by atoms with Crippen molar-refractivity contribution >= 4 is 28.6 Å². The van der Waals surface area contributed by atoms with Gasteiger partial charge in [0, 0.05) is 11.4 Å². The van der Waals surface area contributed by atoms with Gasteiger partial charge in [0.15, 0.2) is 5.75 Å². The van der Waals surface area contributed by atoms with E-state index in [1.54, 1.807) is 25.1 Å². The summed E-state index contributed by atoms with van der Waals surface area (Å²) < 4.78 is 33.1. The second kappa shape index (κ2) is 8.58. The summed E-state index contributed by atoms with van der Waals surface area (Å²) in [7, 11) is 1.46. The molecule has 0 saturated heterocycles. The second-order valence-electron chi connectivity index (χ2n) is 6.24. The molecule has 0 aliphatic carbocycles. The highest BCUT2D eigenvalue weighted by atomic mass is 32.2. The Morgan fingerprint density at radius 2 is 2.00 bits per heavy atom. The van der Waals surface area contributed by atoms with E-state index in [2.05, 4.69) is 4.98 Å². The summed E-state index contributed by atoms with van der Waals surface area (Å²) in [5, 5.41) is 0. The van der Waals surface area contributed by atoms with Crippen LogP contribution in [0.25, 0.3) is 0 Å². The van der Waals surface area contributed by atoms with Gasteiger partial charge in [0.2, 0.25) is 0 Å². The number of nitrogen functional groups attached to an aromatic ring is 1. The fourth-order valence-corrected chi connectivity index (χ4v) is 3.67. The summed E-state index contributed by atoms with van der Waals surface area (Å²) >= 11 is -2.36. The molecule has 2 aromatic rings. The number of aromatic nitrogens is 1. The largest absolute Gasteiger partial charge is 0.772 e. The molecule has 3 rings (SSSR count). The Morgan fingerprint density at radius 3 is 2.62 bits per heavy atom. The number of pyridine rings is 1. The predicted octanol–water partition coefficient (Wildman–Crippen LogP) is 1.68. The standard InChI is InChI=1S/C19H21N3O6S/c1-3-28-17-15(27-2)8-7-13(21-17)14(9-10-29(25)26)22-18(23)11-5-4-6-12(20)16(11)19(22)24/h4-8,14H,3,9-10,20H2,1-2H3,(H,25,26)/p-1. The lowest BCUT2D eigenvalue weighted by atomic mass is 10.1. The van der Waals surface area contributed by atoms with Crippen molar-refractivity contribution in [2.45, 2.75) is 19.4 Å². The Balaban J connectivity index is 2.06. The molecule has 0 fully saturated rings. The third kappa shape index (κ3) is 3.94. The van der Waals surface area contributed by atoms with E-state index >= 15 is 0 Å². The lowest BCUT2D eigenvalue weighted by molar-refractivity contribution is 0.0574. The summed E-state index contributed by atoms with van der Waals surface area (Å²) in [4.78, 5) is 31.4. The zero-order valence-electron chi connectivity index (χ0n) is 15.9. The van der Waals surface area contributed by atoms with E-state index in [-0.39, 0.29) is 34.9 Å². The number of carbonyl (C=O) groups is 2. The molecule has 2 amide bonds. The Kier molecular flexibility index (Phi) is 6.14. The van der Waals surface area contributed by atoms with Crippen LogP contribution in [0.15, 0.2) is 30.3 Å². The monoisotopic (exact) mass is 418 g/mol. The number of anilines is 1. The molecule has 29 heavy (non-hydrogen) atoms. The van der Waals surface area contributed by atoms with Crippen LogP contribution in [-0.2, 0) is 11.1 Å². The number of ether oxygens (including phenoxy) is 2. The Labute approximate surface area is 170 Å². The van der Waals surface area contributed by atoms with Gasteiger partial charge in [-0.15, -0.1) is 0 Å². The number of fused-ring (bicyclic) bond motifs is 1. The van der Waals surface area contributed by atoms with Crippen molar-refractivity contribution in [3.05, 3.63) is 47.2 Å². The van der Waals surface area contributed by atoms with E-state index in [0.717, 1.165) is 4.90 Å². The van der Waals surface area contributed by atoms with Gasteiger partial charge in [-0.1, -0.05) is 17.1 Å². The van der Waals surface area contributed by atoms with E-state index in [9.17, 15) is 18.4 Å². The fraction of sp³-hybridized carbons (Fsp3) is 0.316. The first-order valence-electron chi connectivity index (χ1n) is 8.89. The zero-order chi connectivity index (χ0) is 21.1. The molecule has 9 nitrogen and oxygen atoms in total. The first-order chi connectivity index (χ1) is 13.9. The van der Waals surface area contributed by atoms with Crippen LogP contribution in [0.3, 0.4) is 0 Å². The summed E-state index contributed by atoms with van der Waals surface area (Å²) in [6.07, 6.45) is -0.0215. The maximum absolute atomic E-state index is 13.0. The van der Waals surface area contributed by atoms with Gasteiger partial charge in [-0.2, -0.15) is 0 Å². The number of nitrogens with two attached hydrogens (primary N) is 1. The summed E-state index contributed by atoms with van der Waals surface area (Å²) in [6, 6.07) is 6.90. The van der Waals surface area contributed by atoms with E-state index in [0.29, 0.717) is 18.1 Å². The highest BCUT2D eigenvalue weighted by Gasteiger charge is 2.42. The average molecular weight is 418 g/mol. The van der Waals surface area contributed by atoms with E-state index in [1.165, 1.54) is 19.2 Å². The van der Waals surface area contributed by atoms with Gasteiger partial charge in [0.05, 0.1) is 36.6 Å². The van der Waals surface area contributed by atoms with E-state index < -0.39 is 28.9 Å². The van der Waals surface area contributed by atoms with Crippen LogP contribution in [0.5, 0.6) is 11.6 Å². The average Bonchev–Trinajstić information content (AvgIpc) is 2.94. The van der Waals surface area contributed by atoms with Gasteiger partial charge in [0.1, 0.15) is 0 Å². The number of nitrogens with zero attached hydrogens (tertiary/aromatic N) is 2. The van der Waals surface area contributed by atoms with Crippen LogP contribution < -0.4 is 15.2 Å². The Morgan fingerprint density at radius 1 is 1.24 bits per heavy atom. The Bertz CT molecular complexity index is 980. The number of rotatable bonds is 8. The molecule has 2 heterocycles. The van der Waals surface area contributed by atoms with E-state index in [4.69, 9.17) is 15.2 Å². The van der Waals surface area contributed by atoms with Crippen LogP contribution in [0, 0.1) is 0 Å². The van der Waals surface area contributed by atoms with Crippen LogP contribution in [0.1, 0.15) is 45.8 Å². The highest BCUT2D eigenvalue weighted by molar-refractivity contribution is 7.79. The SMILES string of the molecule is CCOc1nc(C(CCS(=O)[O-])N2C(=O)c3cccc(N)c3C2=O)ccc1OC. The number of carbonyl (C=O) groups excluding carboxylic acids is 2. The third-order valence-corrected chi connectivity index (χ3v) is 5.11. The third-order valence-electron chi connectivity index (χ3n) is 4.54. The maximum atomic E-state index is 13.0. The number of methoxy groups -OCH3 is 1.